The topological polar surface area (TPSA) is 75.6 Å². The highest BCUT2D eigenvalue weighted by molar-refractivity contribution is 5.95. The first kappa shape index (κ1) is 16.9. The Morgan fingerprint density at radius 2 is 2.19 bits per heavy atom. The number of carboxylic acid groups (broad SMARTS) is 1. The molecule has 0 fully saturated rings. The second-order valence-corrected chi connectivity index (χ2v) is 4.71. The van der Waals surface area contributed by atoms with Crippen molar-refractivity contribution in [3.63, 3.8) is 0 Å². The first-order valence-corrected chi connectivity index (χ1v) is 6.87. The molecule has 0 aliphatic carbocycles. The highest BCUT2D eigenvalue weighted by atomic mass is 16.5. The molecule has 1 atom stereocenters. The summed E-state index contributed by atoms with van der Waals surface area (Å²) < 4.78 is 5.09. The van der Waals surface area contributed by atoms with Crippen LogP contribution in [0.25, 0.3) is 6.08 Å². The molecule has 0 heterocycles. The van der Waals surface area contributed by atoms with Gasteiger partial charge in [0, 0.05) is 18.7 Å². The van der Waals surface area contributed by atoms with Crippen molar-refractivity contribution in [1.29, 1.82) is 0 Å². The first-order valence-electron chi connectivity index (χ1n) is 6.87. The number of rotatable bonds is 8. The highest BCUT2D eigenvalue weighted by Gasteiger charge is 2.13. The van der Waals surface area contributed by atoms with Crippen LogP contribution in [-0.2, 0) is 9.53 Å². The Bertz CT molecular complexity index is 505. The molecule has 0 aromatic heterocycles. The van der Waals surface area contributed by atoms with E-state index in [1.165, 1.54) is 6.08 Å². The van der Waals surface area contributed by atoms with Crippen LogP contribution in [0.4, 0.5) is 0 Å². The summed E-state index contributed by atoms with van der Waals surface area (Å²) in [6, 6.07) is 6.80. The van der Waals surface area contributed by atoms with Crippen LogP contribution >= 0.6 is 0 Å². The van der Waals surface area contributed by atoms with Gasteiger partial charge < -0.3 is 15.2 Å². The number of benzene rings is 1. The molecule has 5 nitrogen and oxygen atoms in total. The molecule has 5 heteroatoms. The third-order valence-electron chi connectivity index (χ3n) is 2.91. The average Bonchev–Trinajstić information content (AvgIpc) is 2.46. The van der Waals surface area contributed by atoms with Crippen molar-refractivity contribution in [3.8, 4) is 0 Å². The Morgan fingerprint density at radius 1 is 1.43 bits per heavy atom. The van der Waals surface area contributed by atoms with Crippen molar-refractivity contribution in [2.45, 2.75) is 25.8 Å². The maximum absolute atomic E-state index is 12.2. The number of ether oxygens (including phenoxy) is 1. The predicted octanol–water partition coefficient (Wildman–Crippen LogP) is 2.33. The average molecular weight is 291 g/mol. The standard InChI is InChI=1S/C16H21NO4/c1-3-5-14(11-21-2)17-16(20)13-7-4-6-12(10-13)8-9-15(18)19/h4,6-10,14H,3,5,11H2,1-2H3,(H,17,20)(H,18,19). The summed E-state index contributed by atoms with van der Waals surface area (Å²) in [5.41, 5.74) is 1.17. The van der Waals surface area contributed by atoms with Gasteiger partial charge in [0.05, 0.1) is 12.6 Å². The number of carbonyl (C=O) groups is 2. The van der Waals surface area contributed by atoms with E-state index >= 15 is 0 Å². The third-order valence-corrected chi connectivity index (χ3v) is 2.91. The Morgan fingerprint density at radius 3 is 2.81 bits per heavy atom. The van der Waals surface area contributed by atoms with Gasteiger partial charge in [-0.15, -0.1) is 0 Å². The Labute approximate surface area is 124 Å². The van der Waals surface area contributed by atoms with Gasteiger partial charge in [-0.25, -0.2) is 4.79 Å². The number of aliphatic carboxylic acids is 1. The second kappa shape index (κ2) is 8.92. The lowest BCUT2D eigenvalue weighted by Crippen LogP contribution is -2.37. The minimum atomic E-state index is -1.02. The smallest absolute Gasteiger partial charge is 0.328 e. The zero-order valence-electron chi connectivity index (χ0n) is 12.3. The van der Waals surface area contributed by atoms with Gasteiger partial charge in [-0.2, -0.15) is 0 Å². The molecule has 2 N–H and O–H groups in total. The molecule has 1 rings (SSSR count). The molecular formula is C16H21NO4. The fourth-order valence-corrected chi connectivity index (χ4v) is 1.97. The van der Waals surface area contributed by atoms with E-state index in [-0.39, 0.29) is 11.9 Å². The molecular weight excluding hydrogens is 270 g/mol. The van der Waals surface area contributed by atoms with Crippen LogP contribution in [0.2, 0.25) is 0 Å². The minimum Gasteiger partial charge on any atom is -0.478 e. The van der Waals surface area contributed by atoms with Crippen molar-refractivity contribution < 1.29 is 19.4 Å². The van der Waals surface area contributed by atoms with Gasteiger partial charge in [-0.05, 0) is 30.2 Å². The van der Waals surface area contributed by atoms with Crippen LogP contribution in [-0.4, -0.2) is 36.7 Å². The van der Waals surface area contributed by atoms with Crippen LogP contribution in [0.15, 0.2) is 30.3 Å². The van der Waals surface area contributed by atoms with Gasteiger partial charge in [0.1, 0.15) is 0 Å². The van der Waals surface area contributed by atoms with Crippen molar-refractivity contribution in [2.24, 2.45) is 0 Å². The molecule has 114 valence electrons. The summed E-state index contributed by atoms with van der Waals surface area (Å²) >= 11 is 0. The summed E-state index contributed by atoms with van der Waals surface area (Å²) in [4.78, 5) is 22.7. The van der Waals surface area contributed by atoms with Crippen molar-refractivity contribution in [3.05, 3.63) is 41.5 Å². The van der Waals surface area contributed by atoms with Gasteiger partial charge in [0.15, 0.2) is 0 Å². The molecule has 0 saturated carbocycles. The summed E-state index contributed by atoms with van der Waals surface area (Å²) in [7, 11) is 1.60. The van der Waals surface area contributed by atoms with E-state index in [0.29, 0.717) is 17.7 Å². The van der Waals surface area contributed by atoms with E-state index in [1.54, 1.807) is 31.4 Å². The molecule has 1 amide bonds. The predicted molar refractivity (Wildman–Crippen MR) is 81.2 cm³/mol. The maximum atomic E-state index is 12.2. The molecule has 21 heavy (non-hydrogen) atoms. The van der Waals surface area contributed by atoms with Gasteiger partial charge in [0.25, 0.3) is 5.91 Å². The quantitative estimate of drug-likeness (QED) is 0.721. The number of carbonyl (C=O) groups excluding carboxylic acids is 1. The van der Waals surface area contributed by atoms with E-state index < -0.39 is 5.97 Å². The SMILES string of the molecule is CCCC(COC)NC(=O)c1cccc(C=CC(=O)O)c1. The minimum absolute atomic E-state index is 0.0225. The molecule has 0 spiro atoms. The zero-order valence-corrected chi connectivity index (χ0v) is 12.3. The number of amides is 1. The van der Waals surface area contributed by atoms with Crippen LogP contribution < -0.4 is 5.32 Å². The molecule has 0 aliphatic rings. The van der Waals surface area contributed by atoms with Gasteiger partial charge in [-0.3, -0.25) is 4.79 Å². The van der Waals surface area contributed by atoms with Gasteiger partial charge in [0.2, 0.25) is 0 Å². The largest absolute Gasteiger partial charge is 0.478 e. The lowest BCUT2D eigenvalue weighted by Gasteiger charge is -2.17. The second-order valence-electron chi connectivity index (χ2n) is 4.71. The van der Waals surface area contributed by atoms with Gasteiger partial charge in [-0.1, -0.05) is 25.5 Å². The summed E-state index contributed by atoms with van der Waals surface area (Å²) in [6.07, 6.45) is 4.30. The number of hydrogen-bond acceptors (Lipinski definition) is 3. The van der Waals surface area contributed by atoms with E-state index in [4.69, 9.17) is 9.84 Å². The maximum Gasteiger partial charge on any atom is 0.328 e. The lowest BCUT2D eigenvalue weighted by atomic mass is 10.1. The molecule has 0 bridgehead atoms. The zero-order chi connectivity index (χ0) is 15.7. The first-order chi connectivity index (χ1) is 10.1. The Hall–Kier alpha value is -2.14. The molecule has 1 aromatic rings. The Balaban J connectivity index is 2.77. The molecule has 0 aliphatic heterocycles. The van der Waals surface area contributed by atoms with Crippen LogP contribution in [0.1, 0.15) is 35.7 Å². The monoisotopic (exact) mass is 291 g/mol. The summed E-state index contributed by atoms with van der Waals surface area (Å²) in [5, 5.41) is 11.5. The summed E-state index contributed by atoms with van der Waals surface area (Å²) in [5.74, 6) is -1.20. The number of methoxy groups -OCH3 is 1. The fourth-order valence-electron chi connectivity index (χ4n) is 1.97. The molecule has 1 unspecified atom stereocenters. The molecule has 0 radical (unpaired) electrons. The van der Waals surface area contributed by atoms with E-state index in [2.05, 4.69) is 5.32 Å². The lowest BCUT2D eigenvalue weighted by molar-refractivity contribution is -0.131. The van der Waals surface area contributed by atoms with Gasteiger partial charge >= 0.3 is 5.97 Å². The van der Waals surface area contributed by atoms with Crippen molar-refractivity contribution in [2.75, 3.05) is 13.7 Å². The van der Waals surface area contributed by atoms with Crippen molar-refractivity contribution in [1.82, 2.24) is 5.32 Å². The van der Waals surface area contributed by atoms with Crippen LogP contribution in [0.5, 0.6) is 0 Å². The molecule has 1 aromatic carbocycles. The van der Waals surface area contributed by atoms with E-state index in [9.17, 15) is 9.59 Å². The third kappa shape index (κ3) is 6.23. The van der Waals surface area contributed by atoms with E-state index in [1.807, 2.05) is 6.92 Å². The van der Waals surface area contributed by atoms with E-state index in [0.717, 1.165) is 18.9 Å². The fraction of sp³-hybridized carbons (Fsp3) is 0.375. The number of hydrogen-bond donors (Lipinski definition) is 2. The highest BCUT2D eigenvalue weighted by Crippen LogP contribution is 2.08. The van der Waals surface area contributed by atoms with Crippen molar-refractivity contribution >= 4 is 18.0 Å². The molecule has 0 saturated heterocycles. The normalized spacial score (nSPS) is 12.3. The number of nitrogens with one attached hydrogen (secondary N) is 1. The van der Waals surface area contributed by atoms with Crippen LogP contribution in [0, 0.1) is 0 Å². The number of carboxylic acids is 1. The Kier molecular flexibility index (Phi) is 7.18. The summed E-state index contributed by atoms with van der Waals surface area (Å²) in [6.45, 7) is 2.52. The van der Waals surface area contributed by atoms with Crippen LogP contribution in [0.3, 0.4) is 0 Å².